The fraction of sp³-hybridized carbons (Fsp3) is 1.00. The minimum absolute atomic E-state index is 0.108. The second-order valence-electron chi connectivity index (χ2n) is 3.74. The summed E-state index contributed by atoms with van der Waals surface area (Å²) in [5.41, 5.74) is 5.36. The highest BCUT2D eigenvalue weighted by molar-refractivity contribution is 7.86. The van der Waals surface area contributed by atoms with Crippen LogP contribution in [0.1, 0.15) is 32.1 Å². The predicted molar refractivity (Wildman–Crippen MR) is 55.7 cm³/mol. The van der Waals surface area contributed by atoms with Crippen LogP contribution < -0.4 is 10.9 Å². The van der Waals surface area contributed by atoms with E-state index in [2.05, 4.69) is 0 Å². The first-order chi connectivity index (χ1) is 6.55. The maximum Gasteiger partial charge on any atom is 0.277 e. The van der Waals surface area contributed by atoms with E-state index >= 15 is 0 Å². The standard InChI is InChI=1S/C8H19N3O2S/c9-6-3-7-11(14(10,12)13)8-4-1-2-5-8/h8H,1-7,9H2,(H2,10,12,13). The highest BCUT2D eigenvalue weighted by atomic mass is 32.2. The van der Waals surface area contributed by atoms with Crippen LogP contribution in [0.3, 0.4) is 0 Å². The Morgan fingerprint density at radius 2 is 1.86 bits per heavy atom. The Bertz CT molecular complexity index is 260. The van der Waals surface area contributed by atoms with Crippen molar-refractivity contribution in [1.29, 1.82) is 0 Å². The third kappa shape index (κ3) is 3.20. The monoisotopic (exact) mass is 221 g/mol. The number of nitrogens with two attached hydrogens (primary N) is 2. The molecule has 0 spiro atoms. The van der Waals surface area contributed by atoms with Gasteiger partial charge in [0, 0.05) is 12.6 Å². The van der Waals surface area contributed by atoms with E-state index in [-0.39, 0.29) is 6.04 Å². The largest absolute Gasteiger partial charge is 0.330 e. The first-order valence-corrected chi connectivity index (χ1v) is 6.55. The lowest BCUT2D eigenvalue weighted by atomic mass is 10.2. The van der Waals surface area contributed by atoms with Crippen LogP contribution >= 0.6 is 0 Å². The first-order valence-electron chi connectivity index (χ1n) is 5.05. The Kier molecular flexibility index (Phi) is 4.31. The van der Waals surface area contributed by atoms with Gasteiger partial charge in [0.05, 0.1) is 0 Å². The van der Waals surface area contributed by atoms with E-state index in [1.807, 2.05) is 0 Å². The van der Waals surface area contributed by atoms with Crippen molar-refractivity contribution in [2.75, 3.05) is 13.1 Å². The van der Waals surface area contributed by atoms with E-state index in [1.165, 1.54) is 4.31 Å². The Morgan fingerprint density at radius 1 is 1.29 bits per heavy atom. The number of hydrogen-bond donors (Lipinski definition) is 2. The highest BCUT2D eigenvalue weighted by Gasteiger charge is 2.28. The summed E-state index contributed by atoms with van der Waals surface area (Å²) in [6.07, 6.45) is 4.73. The van der Waals surface area contributed by atoms with Crippen molar-refractivity contribution in [1.82, 2.24) is 4.31 Å². The molecular weight excluding hydrogens is 202 g/mol. The average molecular weight is 221 g/mol. The molecule has 4 N–H and O–H groups in total. The van der Waals surface area contributed by atoms with Crippen LogP contribution in [0.25, 0.3) is 0 Å². The first kappa shape index (κ1) is 11.9. The molecule has 1 saturated carbocycles. The summed E-state index contributed by atoms with van der Waals surface area (Å²) in [6.45, 7) is 0.957. The molecular formula is C8H19N3O2S. The van der Waals surface area contributed by atoms with Gasteiger partial charge in [0.15, 0.2) is 0 Å². The molecule has 6 heteroatoms. The minimum atomic E-state index is -3.54. The molecule has 0 bridgehead atoms. The van der Waals surface area contributed by atoms with Crippen molar-refractivity contribution in [2.45, 2.75) is 38.1 Å². The van der Waals surface area contributed by atoms with Gasteiger partial charge in [0.1, 0.15) is 0 Å². The van der Waals surface area contributed by atoms with Crippen LogP contribution in [0, 0.1) is 0 Å². The third-order valence-corrected chi connectivity index (χ3v) is 3.78. The summed E-state index contributed by atoms with van der Waals surface area (Å²) < 4.78 is 24.0. The topological polar surface area (TPSA) is 89.4 Å². The molecule has 0 aliphatic heterocycles. The Morgan fingerprint density at radius 3 is 2.29 bits per heavy atom. The van der Waals surface area contributed by atoms with Gasteiger partial charge >= 0.3 is 0 Å². The number of hydrogen-bond acceptors (Lipinski definition) is 3. The smallest absolute Gasteiger partial charge is 0.277 e. The summed E-state index contributed by atoms with van der Waals surface area (Å²) in [5, 5.41) is 5.16. The molecule has 5 nitrogen and oxygen atoms in total. The lowest BCUT2D eigenvalue weighted by molar-refractivity contribution is 0.320. The Hall–Kier alpha value is -0.170. The molecule has 0 amide bonds. The van der Waals surface area contributed by atoms with Crippen LogP contribution in [0.15, 0.2) is 0 Å². The lowest BCUT2D eigenvalue weighted by Gasteiger charge is -2.25. The molecule has 0 aromatic rings. The maximum atomic E-state index is 11.3. The molecule has 84 valence electrons. The summed E-state index contributed by atoms with van der Waals surface area (Å²) >= 11 is 0. The fourth-order valence-electron chi connectivity index (χ4n) is 1.96. The van der Waals surface area contributed by atoms with Crippen LogP contribution in [-0.2, 0) is 10.2 Å². The van der Waals surface area contributed by atoms with Crippen LogP contribution in [0.5, 0.6) is 0 Å². The second kappa shape index (κ2) is 5.06. The minimum Gasteiger partial charge on any atom is -0.330 e. The number of nitrogens with zero attached hydrogens (tertiary/aromatic N) is 1. The molecule has 0 heterocycles. The third-order valence-electron chi connectivity index (χ3n) is 2.64. The SMILES string of the molecule is NCCCN(C1CCCC1)S(N)(=O)=O. The maximum absolute atomic E-state index is 11.3. The molecule has 0 aromatic heterocycles. The van der Waals surface area contributed by atoms with Crippen LogP contribution in [-0.4, -0.2) is 31.9 Å². The molecule has 1 aliphatic rings. The molecule has 1 fully saturated rings. The molecule has 0 unspecified atom stereocenters. The van der Waals surface area contributed by atoms with Gasteiger partial charge in [0.2, 0.25) is 0 Å². The van der Waals surface area contributed by atoms with Gasteiger partial charge in [-0.3, -0.25) is 0 Å². The quantitative estimate of drug-likeness (QED) is 0.672. The normalized spacial score (nSPS) is 19.4. The average Bonchev–Trinajstić information content (AvgIpc) is 2.55. The van der Waals surface area contributed by atoms with Crippen molar-refractivity contribution >= 4 is 10.2 Å². The van der Waals surface area contributed by atoms with Gasteiger partial charge in [-0.05, 0) is 25.8 Å². The van der Waals surface area contributed by atoms with Gasteiger partial charge in [-0.1, -0.05) is 12.8 Å². The summed E-state index contributed by atoms with van der Waals surface area (Å²) in [7, 11) is -3.54. The summed E-state index contributed by atoms with van der Waals surface area (Å²) in [4.78, 5) is 0. The molecule has 0 atom stereocenters. The van der Waals surface area contributed by atoms with Gasteiger partial charge < -0.3 is 5.73 Å². The fourth-order valence-corrected chi connectivity index (χ4v) is 2.97. The molecule has 0 saturated heterocycles. The molecule has 0 radical (unpaired) electrons. The highest BCUT2D eigenvalue weighted by Crippen LogP contribution is 2.24. The molecule has 14 heavy (non-hydrogen) atoms. The van der Waals surface area contributed by atoms with Gasteiger partial charge in [-0.15, -0.1) is 0 Å². The lowest BCUT2D eigenvalue weighted by Crippen LogP contribution is -2.43. The van der Waals surface area contributed by atoms with E-state index in [0.29, 0.717) is 19.5 Å². The Balaban J connectivity index is 2.61. The van der Waals surface area contributed by atoms with Crippen molar-refractivity contribution in [3.8, 4) is 0 Å². The predicted octanol–water partition coefficient (Wildman–Crippen LogP) is -0.217. The van der Waals surface area contributed by atoms with Crippen molar-refractivity contribution < 1.29 is 8.42 Å². The van der Waals surface area contributed by atoms with Crippen molar-refractivity contribution in [2.24, 2.45) is 10.9 Å². The van der Waals surface area contributed by atoms with Crippen LogP contribution in [0.4, 0.5) is 0 Å². The molecule has 0 aromatic carbocycles. The van der Waals surface area contributed by atoms with Crippen LogP contribution in [0.2, 0.25) is 0 Å². The molecule has 1 aliphatic carbocycles. The van der Waals surface area contributed by atoms with E-state index in [0.717, 1.165) is 25.7 Å². The van der Waals surface area contributed by atoms with E-state index in [1.54, 1.807) is 0 Å². The zero-order chi connectivity index (χ0) is 10.6. The molecule has 1 rings (SSSR count). The van der Waals surface area contributed by atoms with E-state index in [9.17, 15) is 8.42 Å². The van der Waals surface area contributed by atoms with Gasteiger partial charge in [-0.25, -0.2) is 5.14 Å². The summed E-state index contributed by atoms with van der Waals surface area (Å²) in [5.74, 6) is 0. The Labute approximate surface area is 85.6 Å². The van der Waals surface area contributed by atoms with Crippen molar-refractivity contribution in [3.63, 3.8) is 0 Å². The zero-order valence-electron chi connectivity index (χ0n) is 8.35. The number of rotatable bonds is 5. The zero-order valence-corrected chi connectivity index (χ0v) is 9.17. The van der Waals surface area contributed by atoms with Gasteiger partial charge in [-0.2, -0.15) is 12.7 Å². The van der Waals surface area contributed by atoms with E-state index < -0.39 is 10.2 Å². The summed E-state index contributed by atoms with van der Waals surface area (Å²) in [6, 6.07) is 0.108. The van der Waals surface area contributed by atoms with E-state index in [4.69, 9.17) is 10.9 Å². The van der Waals surface area contributed by atoms with Gasteiger partial charge in [0.25, 0.3) is 10.2 Å². The van der Waals surface area contributed by atoms with Crippen molar-refractivity contribution in [3.05, 3.63) is 0 Å². The second-order valence-corrected chi connectivity index (χ2v) is 5.24.